The molecule has 4 N–H and O–H groups in total. The number of thiophene rings is 1. The average molecular weight is 840 g/mol. The van der Waals surface area contributed by atoms with Crippen LogP contribution in [0.25, 0.3) is 20.5 Å². The first kappa shape index (κ1) is 40.5. The summed E-state index contributed by atoms with van der Waals surface area (Å²) in [6.45, 7) is 6.36. The number of carbonyl (C=O) groups excluding carboxylic acids is 5. The molecule has 0 saturated carbocycles. The van der Waals surface area contributed by atoms with Crippen molar-refractivity contribution in [3.05, 3.63) is 107 Å². The Morgan fingerprint density at radius 2 is 1.44 bits per heavy atom. The molecule has 1 atom stereocenters. The van der Waals surface area contributed by atoms with Crippen molar-refractivity contribution in [2.24, 2.45) is 5.92 Å². The zero-order valence-corrected chi connectivity index (χ0v) is 34.4. The van der Waals surface area contributed by atoms with Crippen LogP contribution in [0.15, 0.2) is 84.9 Å². The molecule has 4 aliphatic rings. The highest BCUT2D eigenvalue weighted by atomic mass is 32.1. The first-order valence-corrected chi connectivity index (χ1v) is 21.8. The van der Waals surface area contributed by atoms with Crippen LogP contribution in [-0.2, 0) is 9.59 Å². The first-order valence-electron chi connectivity index (χ1n) is 21.0. The van der Waals surface area contributed by atoms with Crippen LogP contribution in [0.4, 0.5) is 11.4 Å². The summed E-state index contributed by atoms with van der Waals surface area (Å²) in [6.07, 6.45) is 4.74. The van der Waals surface area contributed by atoms with Gasteiger partial charge in [-0.05, 0) is 116 Å². The molecule has 3 saturated heterocycles. The van der Waals surface area contributed by atoms with Gasteiger partial charge in [-0.2, -0.15) is 0 Å². The number of amides is 4. The number of ketones is 1. The topological polar surface area (TPSA) is 171 Å². The summed E-state index contributed by atoms with van der Waals surface area (Å²) < 4.78 is 0.793. The highest BCUT2D eigenvalue weighted by molar-refractivity contribution is 7.22. The van der Waals surface area contributed by atoms with Gasteiger partial charge in [0.2, 0.25) is 11.8 Å². The number of imide groups is 2. The van der Waals surface area contributed by atoms with Crippen LogP contribution in [0.3, 0.4) is 0 Å². The van der Waals surface area contributed by atoms with Crippen molar-refractivity contribution in [3.8, 4) is 16.2 Å². The third kappa shape index (κ3) is 8.06. The van der Waals surface area contributed by atoms with Gasteiger partial charge in [-0.15, -0.1) is 11.3 Å². The number of hydrogen-bond donors (Lipinski definition) is 4. The number of benzene rings is 4. The van der Waals surface area contributed by atoms with Gasteiger partial charge in [-0.25, -0.2) is 0 Å². The Kier molecular flexibility index (Phi) is 11.2. The minimum absolute atomic E-state index is 0.0894. The number of rotatable bonds is 11. The molecule has 0 radical (unpaired) electrons. The van der Waals surface area contributed by atoms with Crippen molar-refractivity contribution in [3.63, 3.8) is 0 Å². The zero-order valence-electron chi connectivity index (χ0n) is 33.6. The zero-order chi connectivity index (χ0) is 42.4. The van der Waals surface area contributed by atoms with Gasteiger partial charge in [0.05, 0.1) is 11.1 Å². The van der Waals surface area contributed by atoms with Gasteiger partial charge in [0.1, 0.15) is 11.8 Å². The summed E-state index contributed by atoms with van der Waals surface area (Å²) in [5, 5.41) is 32.3. The molecule has 3 fully saturated rings. The van der Waals surface area contributed by atoms with Crippen molar-refractivity contribution in [2.75, 3.05) is 55.6 Å². The fourth-order valence-electron chi connectivity index (χ4n) is 9.26. The molecule has 1 unspecified atom stereocenters. The lowest BCUT2D eigenvalue weighted by Gasteiger charge is -2.37. The molecule has 312 valence electrons. The minimum Gasteiger partial charge on any atom is -0.508 e. The van der Waals surface area contributed by atoms with Crippen molar-refractivity contribution >= 4 is 74.8 Å². The quantitative estimate of drug-likeness (QED) is 0.0845. The van der Waals surface area contributed by atoms with Gasteiger partial charge >= 0.3 is 7.12 Å². The van der Waals surface area contributed by atoms with E-state index in [0.29, 0.717) is 33.6 Å². The van der Waals surface area contributed by atoms with Crippen LogP contribution in [0.2, 0.25) is 0 Å². The van der Waals surface area contributed by atoms with E-state index in [2.05, 4.69) is 20.0 Å². The summed E-state index contributed by atoms with van der Waals surface area (Å²) in [5.74, 6) is -1.31. The molecule has 61 heavy (non-hydrogen) atoms. The number of piperidine rings is 2. The molecule has 5 heterocycles. The van der Waals surface area contributed by atoms with Crippen molar-refractivity contribution < 1.29 is 39.1 Å². The van der Waals surface area contributed by atoms with Crippen molar-refractivity contribution in [1.29, 1.82) is 0 Å². The number of phenols is 1. The fourth-order valence-corrected chi connectivity index (χ4v) is 10.5. The average Bonchev–Trinajstić information content (AvgIpc) is 3.77. The maximum absolute atomic E-state index is 14.1. The first-order chi connectivity index (χ1) is 29.5. The molecular formula is C46H46BN5O8S. The summed E-state index contributed by atoms with van der Waals surface area (Å²) in [4.78, 5) is 73.5. The van der Waals surface area contributed by atoms with E-state index in [1.807, 2.05) is 30.3 Å². The normalized spacial score (nSPS) is 18.9. The molecule has 1 aromatic heterocycles. The summed E-state index contributed by atoms with van der Waals surface area (Å²) in [7, 11) is -1.58. The minimum atomic E-state index is -1.58. The van der Waals surface area contributed by atoms with Crippen LogP contribution >= 0.6 is 11.3 Å². The lowest BCUT2D eigenvalue weighted by Crippen LogP contribution is -2.54. The number of fused-ring (bicyclic) bond motifs is 2. The summed E-state index contributed by atoms with van der Waals surface area (Å²) >= 11 is 1.42. The Labute approximate surface area is 357 Å². The van der Waals surface area contributed by atoms with E-state index in [1.54, 1.807) is 54.6 Å². The Morgan fingerprint density at radius 1 is 0.754 bits per heavy atom. The van der Waals surface area contributed by atoms with Crippen LogP contribution in [0, 0.1) is 5.92 Å². The SMILES string of the molecule is O=C1CCC(N2C(=O)c3ccc(N4CCN(CCCC5CCN(c6ccc(C(=O)c7c(-c8ccc(B(O)O)cc8)sc8cc(O)ccc78)cc6)CC5)CC4)cc3C2=O)C(=O)N1. The molecule has 4 aromatic carbocycles. The number of carbonyl (C=O) groups is 5. The molecule has 13 nitrogen and oxygen atoms in total. The summed E-state index contributed by atoms with van der Waals surface area (Å²) in [6, 6.07) is 24.0. The number of nitrogens with one attached hydrogen (secondary N) is 1. The van der Waals surface area contributed by atoms with Gasteiger partial charge in [-0.3, -0.25) is 39.1 Å². The summed E-state index contributed by atoms with van der Waals surface area (Å²) in [5.41, 5.74) is 4.86. The number of nitrogens with zero attached hydrogens (tertiary/aromatic N) is 4. The van der Waals surface area contributed by atoms with E-state index in [-0.39, 0.29) is 24.4 Å². The van der Waals surface area contributed by atoms with Gasteiger partial charge in [0.25, 0.3) is 11.8 Å². The standard InChI is InChI=1S/C46H46BN5O8S/c53-34-12-14-36-39(27-34)61-43(30-3-7-31(8-4-30)47(59)60)41(36)42(55)29-5-9-32(10-6-29)50-20-17-28(18-21-50)2-1-19-49-22-24-51(25-23-49)33-11-13-35-37(26-33)46(58)52(45(35)57)38-15-16-40(54)48-44(38)56/h3-14,26-28,38,53,59-60H,1-2,15-25H2,(H,48,54,56). The number of phenolic OH excluding ortho intramolecular Hbond substituents is 1. The van der Waals surface area contributed by atoms with E-state index in [9.17, 15) is 39.1 Å². The second-order valence-electron chi connectivity index (χ2n) is 16.4. The number of anilines is 2. The fraction of sp³-hybridized carbons (Fsp3) is 0.326. The van der Waals surface area contributed by atoms with E-state index in [0.717, 1.165) is 102 Å². The van der Waals surface area contributed by atoms with Crippen LogP contribution in [0.1, 0.15) is 75.2 Å². The second-order valence-corrected chi connectivity index (χ2v) is 17.5. The Balaban J connectivity index is 0.748. The van der Waals surface area contributed by atoms with E-state index in [1.165, 1.54) is 17.8 Å². The maximum atomic E-state index is 14.1. The molecule has 4 amide bonds. The Hall–Kier alpha value is -5.87. The molecule has 15 heteroatoms. The van der Waals surface area contributed by atoms with Gasteiger partial charge in [-0.1, -0.05) is 24.3 Å². The van der Waals surface area contributed by atoms with Crippen LogP contribution in [0.5, 0.6) is 5.75 Å². The molecule has 9 rings (SSSR count). The smallest absolute Gasteiger partial charge is 0.488 e. The molecule has 4 aliphatic heterocycles. The van der Waals surface area contributed by atoms with Gasteiger partial charge < -0.3 is 25.0 Å². The molecule has 5 aromatic rings. The number of aromatic hydroxyl groups is 1. The molecular weight excluding hydrogens is 793 g/mol. The lowest BCUT2D eigenvalue weighted by atomic mass is 9.80. The van der Waals surface area contributed by atoms with E-state index in [4.69, 9.17) is 0 Å². The van der Waals surface area contributed by atoms with Gasteiger partial charge in [0.15, 0.2) is 5.78 Å². The third-order valence-corrected chi connectivity index (χ3v) is 13.9. The van der Waals surface area contributed by atoms with E-state index >= 15 is 0 Å². The largest absolute Gasteiger partial charge is 0.508 e. The molecule has 0 aliphatic carbocycles. The predicted molar refractivity (Wildman–Crippen MR) is 235 cm³/mol. The third-order valence-electron chi connectivity index (χ3n) is 12.7. The lowest BCUT2D eigenvalue weighted by molar-refractivity contribution is -0.136. The Bertz CT molecular complexity index is 2530. The highest BCUT2D eigenvalue weighted by Crippen LogP contribution is 2.41. The highest BCUT2D eigenvalue weighted by Gasteiger charge is 2.45. The number of piperazine rings is 1. The second kappa shape index (κ2) is 16.9. The number of hydrogen-bond acceptors (Lipinski definition) is 12. The van der Waals surface area contributed by atoms with Crippen LogP contribution in [-0.4, -0.2) is 113 Å². The molecule has 0 bridgehead atoms. The maximum Gasteiger partial charge on any atom is 0.488 e. The molecule has 0 spiro atoms. The monoisotopic (exact) mass is 839 g/mol. The Morgan fingerprint density at radius 3 is 2.15 bits per heavy atom. The van der Waals surface area contributed by atoms with Crippen LogP contribution < -0.4 is 20.6 Å². The van der Waals surface area contributed by atoms with Crippen molar-refractivity contribution in [2.45, 2.75) is 44.6 Å². The van der Waals surface area contributed by atoms with E-state index < -0.39 is 36.8 Å². The van der Waals surface area contributed by atoms with Gasteiger partial charge in [0, 0.05) is 83.2 Å². The predicted octanol–water partition coefficient (Wildman–Crippen LogP) is 4.40. The van der Waals surface area contributed by atoms with Crippen molar-refractivity contribution in [1.82, 2.24) is 15.1 Å².